The minimum absolute atomic E-state index is 0.106. The largest absolute Gasteiger partial charge is 0.496 e. The first kappa shape index (κ1) is 16.3. The average molecular weight is 360 g/mol. The average Bonchev–Trinajstić information content (AvgIpc) is 2.54. The molecule has 0 aliphatic heterocycles. The summed E-state index contributed by atoms with van der Waals surface area (Å²) in [4.78, 5) is 11.8. The maximum atomic E-state index is 11.8. The molecular formula is C18H18BrNO2. The van der Waals surface area contributed by atoms with Gasteiger partial charge < -0.3 is 10.1 Å². The van der Waals surface area contributed by atoms with Gasteiger partial charge in [-0.1, -0.05) is 52.3 Å². The number of nitrogens with one attached hydrogen (secondary N) is 1. The highest BCUT2D eigenvalue weighted by Crippen LogP contribution is 2.18. The van der Waals surface area contributed by atoms with E-state index in [1.165, 1.54) is 0 Å². The summed E-state index contributed by atoms with van der Waals surface area (Å²) in [5.74, 6) is 0.742. The van der Waals surface area contributed by atoms with Crippen molar-refractivity contribution < 1.29 is 9.53 Å². The van der Waals surface area contributed by atoms with Crippen LogP contribution in [0, 0.1) is 0 Å². The second-order valence-electron chi connectivity index (χ2n) is 4.71. The Morgan fingerprint density at radius 3 is 2.68 bits per heavy atom. The second kappa shape index (κ2) is 8.39. The van der Waals surface area contributed by atoms with Crippen LogP contribution in [0.3, 0.4) is 0 Å². The highest BCUT2D eigenvalue weighted by Gasteiger charge is 2.02. The number of ether oxygens (including phenoxy) is 1. The standard InChI is InChI=1S/C18H18BrNO2/c1-22-17-9-5-3-7-15(17)12-13-20-18(21)11-10-14-6-2-4-8-16(14)19/h2-11H,12-13H2,1H3,(H,20,21). The summed E-state index contributed by atoms with van der Waals surface area (Å²) in [6, 6.07) is 15.6. The van der Waals surface area contributed by atoms with E-state index < -0.39 is 0 Å². The number of benzene rings is 2. The topological polar surface area (TPSA) is 38.3 Å². The summed E-state index contributed by atoms with van der Waals surface area (Å²) < 4.78 is 6.26. The molecule has 4 heteroatoms. The fourth-order valence-corrected chi connectivity index (χ4v) is 2.48. The Morgan fingerprint density at radius 2 is 1.91 bits per heavy atom. The lowest BCUT2D eigenvalue weighted by Gasteiger charge is -2.08. The zero-order valence-corrected chi connectivity index (χ0v) is 14.0. The summed E-state index contributed by atoms with van der Waals surface area (Å²) in [6.45, 7) is 0.569. The van der Waals surface area contributed by atoms with E-state index in [1.54, 1.807) is 19.3 Å². The maximum Gasteiger partial charge on any atom is 0.244 e. The first-order valence-electron chi connectivity index (χ1n) is 7.03. The van der Waals surface area contributed by atoms with E-state index >= 15 is 0 Å². The number of carbonyl (C=O) groups excluding carboxylic acids is 1. The number of amides is 1. The van der Waals surface area contributed by atoms with Gasteiger partial charge in [0.15, 0.2) is 0 Å². The van der Waals surface area contributed by atoms with Crippen molar-refractivity contribution in [2.75, 3.05) is 13.7 Å². The first-order valence-corrected chi connectivity index (χ1v) is 7.82. The Balaban J connectivity index is 1.84. The van der Waals surface area contributed by atoms with Gasteiger partial charge in [0.2, 0.25) is 5.91 Å². The predicted molar refractivity (Wildman–Crippen MR) is 92.9 cm³/mol. The van der Waals surface area contributed by atoms with Crippen LogP contribution < -0.4 is 10.1 Å². The normalized spacial score (nSPS) is 10.6. The Kier molecular flexibility index (Phi) is 6.22. The Hall–Kier alpha value is -2.07. The van der Waals surface area contributed by atoms with E-state index in [0.717, 1.165) is 27.8 Å². The van der Waals surface area contributed by atoms with Crippen molar-refractivity contribution in [1.82, 2.24) is 5.32 Å². The lowest BCUT2D eigenvalue weighted by atomic mass is 10.1. The summed E-state index contributed by atoms with van der Waals surface area (Å²) in [5, 5.41) is 2.88. The lowest BCUT2D eigenvalue weighted by Crippen LogP contribution is -2.23. The fraction of sp³-hybridized carbons (Fsp3) is 0.167. The number of hydrogen-bond acceptors (Lipinski definition) is 2. The monoisotopic (exact) mass is 359 g/mol. The molecule has 0 fully saturated rings. The molecule has 0 unspecified atom stereocenters. The number of carbonyl (C=O) groups is 1. The van der Waals surface area contributed by atoms with E-state index in [9.17, 15) is 4.79 Å². The van der Waals surface area contributed by atoms with Crippen LogP contribution in [-0.2, 0) is 11.2 Å². The van der Waals surface area contributed by atoms with Crippen LogP contribution in [0.4, 0.5) is 0 Å². The van der Waals surface area contributed by atoms with Crippen molar-refractivity contribution in [3.05, 3.63) is 70.2 Å². The van der Waals surface area contributed by atoms with Crippen LogP contribution in [0.2, 0.25) is 0 Å². The van der Waals surface area contributed by atoms with Gasteiger partial charge in [-0.15, -0.1) is 0 Å². The SMILES string of the molecule is COc1ccccc1CCNC(=O)C=Cc1ccccc1Br. The molecule has 2 rings (SSSR count). The van der Waals surface area contributed by atoms with Crippen molar-refractivity contribution in [3.8, 4) is 5.75 Å². The minimum atomic E-state index is -0.106. The molecule has 0 aliphatic rings. The molecule has 0 saturated carbocycles. The van der Waals surface area contributed by atoms with Crippen LogP contribution in [0.1, 0.15) is 11.1 Å². The lowest BCUT2D eigenvalue weighted by molar-refractivity contribution is -0.116. The zero-order chi connectivity index (χ0) is 15.8. The molecule has 0 aliphatic carbocycles. The third-order valence-electron chi connectivity index (χ3n) is 3.21. The Labute approximate surface area is 139 Å². The Morgan fingerprint density at radius 1 is 1.18 bits per heavy atom. The van der Waals surface area contributed by atoms with Crippen molar-refractivity contribution in [1.29, 1.82) is 0 Å². The third-order valence-corrected chi connectivity index (χ3v) is 3.93. The van der Waals surface area contributed by atoms with Crippen molar-refractivity contribution in [3.63, 3.8) is 0 Å². The molecule has 0 bridgehead atoms. The molecule has 0 radical (unpaired) electrons. The van der Waals surface area contributed by atoms with Crippen LogP contribution in [-0.4, -0.2) is 19.6 Å². The van der Waals surface area contributed by atoms with Crippen LogP contribution in [0.15, 0.2) is 59.1 Å². The smallest absolute Gasteiger partial charge is 0.244 e. The number of para-hydroxylation sites is 1. The highest BCUT2D eigenvalue weighted by atomic mass is 79.9. The molecule has 0 atom stereocenters. The molecule has 2 aromatic rings. The molecule has 22 heavy (non-hydrogen) atoms. The van der Waals surface area contributed by atoms with Gasteiger partial charge in [-0.05, 0) is 35.8 Å². The molecule has 0 spiro atoms. The van der Waals surface area contributed by atoms with E-state index in [-0.39, 0.29) is 5.91 Å². The Bertz CT molecular complexity index is 668. The van der Waals surface area contributed by atoms with Crippen molar-refractivity contribution in [2.24, 2.45) is 0 Å². The second-order valence-corrected chi connectivity index (χ2v) is 5.56. The first-order chi connectivity index (χ1) is 10.7. The van der Waals surface area contributed by atoms with Gasteiger partial charge in [0, 0.05) is 17.1 Å². The molecule has 1 N–H and O–H groups in total. The number of halogens is 1. The fourth-order valence-electron chi connectivity index (χ4n) is 2.06. The molecule has 114 valence electrons. The molecule has 0 aromatic heterocycles. The summed E-state index contributed by atoms with van der Waals surface area (Å²) in [5.41, 5.74) is 2.06. The number of hydrogen-bond donors (Lipinski definition) is 1. The van der Waals surface area contributed by atoms with E-state index in [1.807, 2.05) is 48.5 Å². The van der Waals surface area contributed by atoms with Crippen LogP contribution in [0.25, 0.3) is 6.08 Å². The van der Waals surface area contributed by atoms with Crippen molar-refractivity contribution >= 4 is 27.9 Å². The minimum Gasteiger partial charge on any atom is -0.496 e. The number of methoxy groups -OCH3 is 1. The quantitative estimate of drug-likeness (QED) is 0.796. The molecule has 3 nitrogen and oxygen atoms in total. The van der Waals surface area contributed by atoms with Gasteiger partial charge in [-0.25, -0.2) is 0 Å². The van der Waals surface area contributed by atoms with E-state index in [0.29, 0.717) is 6.54 Å². The van der Waals surface area contributed by atoms with E-state index in [2.05, 4.69) is 21.2 Å². The third kappa shape index (κ3) is 4.74. The van der Waals surface area contributed by atoms with Crippen LogP contribution in [0.5, 0.6) is 5.75 Å². The van der Waals surface area contributed by atoms with Gasteiger partial charge >= 0.3 is 0 Å². The van der Waals surface area contributed by atoms with Gasteiger partial charge in [0.25, 0.3) is 0 Å². The zero-order valence-electron chi connectivity index (χ0n) is 12.4. The van der Waals surface area contributed by atoms with Gasteiger partial charge in [0.1, 0.15) is 5.75 Å². The predicted octanol–water partition coefficient (Wildman–Crippen LogP) is 3.83. The van der Waals surface area contributed by atoms with Gasteiger partial charge in [-0.2, -0.15) is 0 Å². The van der Waals surface area contributed by atoms with Crippen molar-refractivity contribution in [2.45, 2.75) is 6.42 Å². The van der Waals surface area contributed by atoms with E-state index in [4.69, 9.17) is 4.74 Å². The van der Waals surface area contributed by atoms with Gasteiger partial charge in [0.05, 0.1) is 7.11 Å². The molecule has 0 heterocycles. The summed E-state index contributed by atoms with van der Waals surface area (Å²) >= 11 is 3.45. The highest BCUT2D eigenvalue weighted by molar-refractivity contribution is 9.10. The van der Waals surface area contributed by atoms with Gasteiger partial charge in [-0.3, -0.25) is 4.79 Å². The number of rotatable bonds is 6. The van der Waals surface area contributed by atoms with Crippen LogP contribution >= 0.6 is 15.9 Å². The summed E-state index contributed by atoms with van der Waals surface area (Å²) in [6.07, 6.45) is 4.07. The molecule has 2 aromatic carbocycles. The molecule has 1 amide bonds. The summed E-state index contributed by atoms with van der Waals surface area (Å²) in [7, 11) is 1.65. The molecule has 0 saturated heterocycles. The molecular weight excluding hydrogens is 342 g/mol. The maximum absolute atomic E-state index is 11.8.